The molecule has 0 saturated heterocycles. The molecule has 0 aliphatic heterocycles. The quantitative estimate of drug-likeness (QED) is 0.779. The normalized spacial score (nSPS) is 12.2. The number of sulfonamides is 2. The topological polar surface area (TPSA) is 83.6 Å². The molecule has 2 rings (SSSR count). The standard InChI is InChI=1S/C18H24N2O4S2/c1-14-6-5-7-17(12-14)26(23,24)19-10-11-20(25(4,21)22)18-13-15(2)8-9-16(18)3/h5-9,12-13,19H,10-11H2,1-4H3. The summed E-state index contributed by atoms with van der Waals surface area (Å²) in [4.78, 5) is 0.162. The third-order valence-electron chi connectivity index (χ3n) is 3.94. The van der Waals surface area contributed by atoms with Gasteiger partial charge in [-0.25, -0.2) is 21.6 Å². The molecule has 0 fully saturated rings. The van der Waals surface area contributed by atoms with Crippen LogP contribution >= 0.6 is 0 Å². The van der Waals surface area contributed by atoms with Crippen LogP contribution in [0.5, 0.6) is 0 Å². The van der Waals surface area contributed by atoms with Gasteiger partial charge in [0.1, 0.15) is 0 Å². The molecule has 8 heteroatoms. The van der Waals surface area contributed by atoms with Gasteiger partial charge >= 0.3 is 0 Å². The Bertz CT molecular complexity index is 1000. The number of anilines is 1. The molecule has 0 atom stereocenters. The second-order valence-electron chi connectivity index (χ2n) is 6.34. The molecule has 142 valence electrons. The molecule has 0 bridgehead atoms. The third kappa shape index (κ3) is 5.06. The van der Waals surface area contributed by atoms with Crippen LogP contribution in [-0.2, 0) is 20.0 Å². The Hall–Kier alpha value is -1.90. The largest absolute Gasteiger partial charge is 0.269 e. The summed E-state index contributed by atoms with van der Waals surface area (Å²) < 4.78 is 52.9. The zero-order chi connectivity index (χ0) is 19.5. The van der Waals surface area contributed by atoms with Crippen molar-refractivity contribution in [2.75, 3.05) is 23.7 Å². The second-order valence-corrected chi connectivity index (χ2v) is 10.0. The van der Waals surface area contributed by atoms with Crippen LogP contribution in [0.4, 0.5) is 5.69 Å². The van der Waals surface area contributed by atoms with Gasteiger partial charge in [0.15, 0.2) is 0 Å². The molecule has 6 nitrogen and oxygen atoms in total. The van der Waals surface area contributed by atoms with E-state index in [1.807, 2.05) is 39.0 Å². The van der Waals surface area contributed by atoms with Crippen molar-refractivity contribution in [1.82, 2.24) is 4.72 Å². The summed E-state index contributed by atoms with van der Waals surface area (Å²) in [5.41, 5.74) is 3.13. The lowest BCUT2D eigenvalue weighted by Crippen LogP contribution is -2.38. The first kappa shape index (κ1) is 20.4. The van der Waals surface area contributed by atoms with Crippen molar-refractivity contribution in [3.8, 4) is 0 Å². The van der Waals surface area contributed by atoms with Crippen LogP contribution < -0.4 is 9.03 Å². The van der Waals surface area contributed by atoms with Gasteiger partial charge in [-0.3, -0.25) is 4.31 Å². The highest BCUT2D eigenvalue weighted by molar-refractivity contribution is 7.92. The van der Waals surface area contributed by atoms with Crippen LogP contribution in [0.2, 0.25) is 0 Å². The number of benzene rings is 2. The van der Waals surface area contributed by atoms with E-state index < -0.39 is 20.0 Å². The van der Waals surface area contributed by atoms with Gasteiger partial charge in [-0.1, -0.05) is 24.3 Å². The molecule has 1 N–H and O–H groups in total. The summed E-state index contributed by atoms with van der Waals surface area (Å²) in [6.07, 6.45) is 1.11. The highest BCUT2D eigenvalue weighted by Gasteiger charge is 2.21. The van der Waals surface area contributed by atoms with Crippen molar-refractivity contribution in [2.45, 2.75) is 25.7 Å². The van der Waals surface area contributed by atoms with Crippen molar-refractivity contribution in [3.05, 3.63) is 59.2 Å². The SMILES string of the molecule is Cc1cccc(S(=O)(=O)NCCN(c2cc(C)ccc2C)S(C)(=O)=O)c1. The molecule has 2 aromatic carbocycles. The fourth-order valence-corrected chi connectivity index (χ4v) is 4.70. The fourth-order valence-electron chi connectivity index (χ4n) is 2.60. The molecule has 2 aromatic rings. The zero-order valence-electron chi connectivity index (χ0n) is 15.4. The van der Waals surface area contributed by atoms with E-state index in [9.17, 15) is 16.8 Å². The van der Waals surface area contributed by atoms with E-state index in [1.165, 1.54) is 10.4 Å². The van der Waals surface area contributed by atoms with Gasteiger partial charge in [0, 0.05) is 13.1 Å². The van der Waals surface area contributed by atoms with Gasteiger partial charge in [0.2, 0.25) is 20.0 Å². The van der Waals surface area contributed by atoms with Crippen molar-refractivity contribution in [2.24, 2.45) is 0 Å². The van der Waals surface area contributed by atoms with E-state index in [2.05, 4.69) is 4.72 Å². The van der Waals surface area contributed by atoms with E-state index in [0.29, 0.717) is 5.69 Å². The minimum atomic E-state index is -3.70. The highest BCUT2D eigenvalue weighted by Crippen LogP contribution is 2.23. The maximum absolute atomic E-state index is 12.4. The van der Waals surface area contributed by atoms with E-state index in [0.717, 1.165) is 22.9 Å². The van der Waals surface area contributed by atoms with Gasteiger partial charge in [0.05, 0.1) is 16.8 Å². The van der Waals surface area contributed by atoms with E-state index in [1.54, 1.807) is 18.2 Å². The molecule has 0 radical (unpaired) electrons. The third-order valence-corrected chi connectivity index (χ3v) is 6.58. The fraction of sp³-hybridized carbons (Fsp3) is 0.333. The molecule has 0 aliphatic carbocycles. The molecule has 0 aromatic heterocycles. The minimum Gasteiger partial charge on any atom is -0.269 e. The first-order valence-electron chi connectivity index (χ1n) is 8.12. The van der Waals surface area contributed by atoms with Gasteiger partial charge < -0.3 is 0 Å². The Morgan fingerprint density at radius 1 is 0.923 bits per heavy atom. The zero-order valence-corrected chi connectivity index (χ0v) is 17.0. The predicted molar refractivity (Wildman–Crippen MR) is 104 cm³/mol. The number of nitrogens with one attached hydrogen (secondary N) is 1. The molecule has 0 heterocycles. The summed E-state index contributed by atoms with van der Waals surface area (Å²) in [6, 6.07) is 12.1. The van der Waals surface area contributed by atoms with Crippen LogP contribution in [0.1, 0.15) is 16.7 Å². The van der Waals surface area contributed by atoms with E-state index >= 15 is 0 Å². The van der Waals surface area contributed by atoms with Crippen molar-refractivity contribution in [3.63, 3.8) is 0 Å². The van der Waals surface area contributed by atoms with Gasteiger partial charge in [-0.05, 0) is 55.7 Å². The first-order chi connectivity index (χ1) is 12.0. The average Bonchev–Trinajstić information content (AvgIpc) is 2.53. The molecule has 0 amide bonds. The van der Waals surface area contributed by atoms with Crippen molar-refractivity contribution in [1.29, 1.82) is 0 Å². The Kier molecular flexibility index (Phi) is 6.10. The number of rotatable bonds is 7. The van der Waals surface area contributed by atoms with E-state index in [4.69, 9.17) is 0 Å². The number of aryl methyl sites for hydroxylation is 3. The first-order valence-corrected chi connectivity index (χ1v) is 11.5. The van der Waals surface area contributed by atoms with Crippen LogP contribution in [0.3, 0.4) is 0 Å². The smallest absolute Gasteiger partial charge is 0.240 e. The lowest BCUT2D eigenvalue weighted by Gasteiger charge is -2.24. The summed E-state index contributed by atoms with van der Waals surface area (Å²) in [5.74, 6) is 0. The average molecular weight is 397 g/mol. The van der Waals surface area contributed by atoms with Gasteiger partial charge in [-0.2, -0.15) is 0 Å². The summed E-state index contributed by atoms with van der Waals surface area (Å²) in [5, 5.41) is 0. The van der Waals surface area contributed by atoms with Crippen LogP contribution in [0, 0.1) is 20.8 Å². The highest BCUT2D eigenvalue weighted by atomic mass is 32.2. The molecular formula is C18H24N2O4S2. The number of hydrogen-bond donors (Lipinski definition) is 1. The molecular weight excluding hydrogens is 372 g/mol. The van der Waals surface area contributed by atoms with Crippen LogP contribution in [0.25, 0.3) is 0 Å². The number of hydrogen-bond acceptors (Lipinski definition) is 4. The van der Waals surface area contributed by atoms with Crippen LogP contribution in [0.15, 0.2) is 47.4 Å². The lowest BCUT2D eigenvalue weighted by atomic mass is 10.1. The van der Waals surface area contributed by atoms with Crippen molar-refractivity contribution < 1.29 is 16.8 Å². The summed E-state index contributed by atoms with van der Waals surface area (Å²) in [7, 11) is -7.24. The Morgan fingerprint density at radius 3 is 2.19 bits per heavy atom. The monoisotopic (exact) mass is 396 g/mol. The minimum absolute atomic E-state index is 0.00811. The van der Waals surface area contributed by atoms with E-state index in [-0.39, 0.29) is 18.0 Å². The molecule has 26 heavy (non-hydrogen) atoms. The number of nitrogens with zero attached hydrogens (tertiary/aromatic N) is 1. The Balaban J connectivity index is 2.20. The maximum atomic E-state index is 12.4. The van der Waals surface area contributed by atoms with Crippen LogP contribution in [-0.4, -0.2) is 36.2 Å². The molecule has 0 spiro atoms. The predicted octanol–water partition coefficient (Wildman–Crippen LogP) is 2.36. The summed E-state index contributed by atoms with van der Waals surface area (Å²) in [6.45, 7) is 5.49. The van der Waals surface area contributed by atoms with Crippen molar-refractivity contribution >= 4 is 25.7 Å². The molecule has 0 aliphatic rings. The second kappa shape index (κ2) is 7.77. The molecule has 0 unspecified atom stereocenters. The Labute approximate surface area is 156 Å². The van der Waals surface area contributed by atoms with Gasteiger partial charge in [-0.15, -0.1) is 0 Å². The lowest BCUT2D eigenvalue weighted by molar-refractivity contribution is 0.578. The molecule has 0 saturated carbocycles. The Morgan fingerprint density at radius 2 is 1.58 bits per heavy atom. The maximum Gasteiger partial charge on any atom is 0.240 e. The summed E-state index contributed by atoms with van der Waals surface area (Å²) >= 11 is 0. The van der Waals surface area contributed by atoms with Gasteiger partial charge in [0.25, 0.3) is 0 Å².